The molecule has 0 unspecified atom stereocenters. The lowest BCUT2D eigenvalue weighted by Crippen LogP contribution is -2.24. The lowest BCUT2D eigenvalue weighted by molar-refractivity contribution is -0.409. The summed E-state index contributed by atoms with van der Waals surface area (Å²) in [4.78, 5) is 34.4. The summed E-state index contributed by atoms with van der Waals surface area (Å²) >= 11 is 0. The maximum Gasteiger partial charge on any atom is 0.399 e. The molecule has 1 heterocycles. The van der Waals surface area contributed by atoms with Crippen LogP contribution < -0.4 is 4.90 Å². The molecule has 1 aromatic rings. The van der Waals surface area contributed by atoms with Crippen LogP contribution in [0.2, 0.25) is 0 Å². The Labute approximate surface area is 112 Å². The predicted octanol–water partition coefficient (Wildman–Crippen LogP) is 1.65. The van der Waals surface area contributed by atoms with E-state index in [9.17, 15) is 30.3 Å². The Kier molecular flexibility index (Phi) is 4.46. The van der Waals surface area contributed by atoms with Crippen molar-refractivity contribution in [2.24, 2.45) is 0 Å². The predicted molar refractivity (Wildman–Crippen MR) is 67.8 cm³/mol. The molecule has 0 spiro atoms. The summed E-state index contributed by atoms with van der Waals surface area (Å²) in [6.45, 7) is 3.83. The van der Waals surface area contributed by atoms with Crippen molar-refractivity contribution in [3.05, 3.63) is 36.4 Å². The summed E-state index contributed by atoms with van der Waals surface area (Å²) in [7, 11) is 0. The van der Waals surface area contributed by atoms with Gasteiger partial charge >= 0.3 is 17.3 Å². The minimum Gasteiger partial charge on any atom is -0.360 e. The molecule has 0 N–H and O–H groups in total. The minimum absolute atomic E-state index is 0.262. The maximum atomic E-state index is 11.0. The van der Waals surface area contributed by atoms with E-state index in [0.717, 1.165) is 0 Å². The molecule has 1 rings (SSSR count). The molecule has 0 fully saturated rings. The summed E-state index contributed by atoms with van der Waals surface area (Å²) < 4.78 is 0. The van der Waals surface area contributed by atoms with E-state index in [1.165, 1.54) is 4.90 Å². The first kappa shape index (κ1) is 15.2. The largest absolute Gasteiger partial charge is 0.399 e. The van der Waals surface area contributed by atoms with E-state index in [0.29, 0.717) is 6.07 Å². The molecule has 0 bridgehead atoms. The first-order chi connectivity index (χ1) is 9.33. The van der Waals surface area contributed by atoms with Gasteiger partial charge in [0, 0.05) is 18.1 Å². The molecular formula is C9H11N5O6. The molecule has 20 heavy (non-hydrogen) atoms. The summed E-state index contributed by atoms with van der Waals surface area (Å²) in [6.07, 6.45) is 0. The fraction of sp³-hybridized carbons (Fsp3) is 0.444. The minimum atomic E-state index is -1.01. The number of nitro groups is 3. The Hall–Kier alpha value is -2.85. The van der Waals surface area contributed by atoms with Gasteiger partial charge in [-0.05, 0) is 23.7 Å². The van der Waals surface area contributed by atoms with Crippen molar-refractivity contribution < 1.29 is 14.8 Å². The quantitative estimate of drug-likeness (QED) is 0.566. The third-order valence-corrected chi connectivity index (χ3v) is 2.58. The number of anilines is 1. The average Bonchev–Trinajstić information content (AvgIpc) is 2.39. The SMILES string of the molecule is CCN(CC)c1c([N+](=O)[O-])cc([N+](=O)[O-])nc1[N+](=O)[O-]. The van der Waals surface area contributed by atoms with E-state index >= 15 is 0 Å². The molecule has 0 aliphatic heterocycles. The highest BCUT2D eigenvalue weighted by molar-refractivity contribution is 5.74. The van der Waals surface area contributed by atoms with Crippen LogP contribution in [0.5, 0.6) is 0 Å². The van der Waals surface area contributed by atoms with Gasteiger partial charge in [-0.15, -0.1) is 0 Å². The van der Waals surface area contributed by atoms with Crippen molar-refractivity contribution in [1.29, 1.82) is 0 Å². The van der Waals surface area contributed by atoms with Crippen molar-refractivity contribution in [3.8, 4) is 0 Å². The third-order valence-electron chi connectivity index (χ3n) is 2.58. The molecule has 11 nitrogen and oxygen atoms in total. The van der Waals surface area contributed by atoms with Crippen LogP contribution in [0.25, 0.3) is 0 Å². The molecule has 0 aliphatic carbocycles. The van der Waals surface area contributed by atoms with E-state index in [1.807, 2.05) is 0 Å². The highest BCUT2D eigenvalue weighted by Crippen LogP contribution is 2.38. The number of aromatic nitrogens is 1. The van der Waals surface area contributed by atoms with Gasteiger partial charge in [0.1, 0.15) is 6.07 Å². The monoisotopic (exact) mass is 285 g/mol. The number of hydrogen-bond donors (Lipinski definition) is 0. The van der Waals surface area contributed by atoms with Crippen LogP contribution in [0.4, 0.5) is 23.0 Å². The van der Waals surface area contributed by atoms with Gasteiger partial charge in [-0.2, -0.15) is 0 Å². The Balaban J connectivity index is 3.72. The van der Waals surface area contributed by atoms with Crippen molar-refractivity contribution in [2.75, 3.05) is 18.0 Å². The maximum absolute atomic E-state index is 11.0. The summed E-state index contributed by atoms with van der Waals surface area (Å²) in [5.74, 6) is -1.83. The van der Waals surface area contributed by atoms with Crippen LogP contribution in [0.15, 0.2) is 6.07 Å². The number of nitrogens with zero attached hydrogens (tertiary/aromatic N) is 5. The number of hydrogen-bond acceptors (Lipinski definition) is 8. The topological polar surface area (TPSA) is 146 Å². The van der Waals surface area contributed by atoms with E-state index in [-0.39, 0.29) is 18.8 Å². The zero-order valence-electron chi connectivity index (χ0n) is 10.7. The fourth-order valence-corrected chi connectivity index (χ4v) is 1.70. The molecule has 11 heteroatoms. The Morgan fingerprint density at radius 3 is 1.95 bits per heavy atom. The summed E-state index contributed by atoms with van der Waals surface area (Å²) in [5.41, 5.74) is -1.03. The van der Waals surface area contributed by atoms with Gasteiger partial charge in [0.15, 0.2) is 0 Å². The molecule has 0 aromatic carbocycles. The number of pyridine rings is 1. The molecule has 0 radical (unpaired) electrons. The van der Waals surface area contributed by atoms with Gasteiger partial charge in [0.2, 0.25) is 5.69 Å². The van der Waals surface area contributed by atoms with Crippen LogP contribution in [0.1, 0.15) is 13.8 Å². The van der Waals surface area contributed by atoms with Gasteiger partial charge in [0.25, 0.3) is 0 Å². The van der Waals surface area contributed by atoms with Gasteiger partial charge < -0.3 is 25.1 Å². The van der Waals surface area contributed by atoms with Crippen LogP contribution >= 0.6 is 0 Å². The third kappa shape index (κ3) is 2.76. The molecule has 0 aliphatic rings. The standard InChI is InChI=1S/C9H11N5O6/c1-3-11(4-2)8-6(12(15)16)5-7(13(17)18)10-9(8)14(19)20/h5H,3-4H2,1-2H3. The first-order valence-corrected chi connectivity index (χ1v) is 5.56. The van der Waals surface area contributed by atoms with E-state index in [1.54, 1.807) is 13.8 Å². The highest BCUT2D eigenvalue weighted by atomic mass is 16.6. The smallest absolute Gasteiger partial charge is 0.360 e. The van der Waals surface area contributed by atoms with Crippen LogP contribution in [0, 0.1) is 30.3 Å². The summed E-state index contributed by atoms with van der Waals surface area (Å²) in [6, 6.07) is 0.626. The van der Waals surface area contributed by atoms with Gasteiger partial charge in [-0.1, -0.05) is 0 Å². The van der Waals surface area contributed by atoms with Crippen LogP contribution in [0.3, 0.4) is 0 Å². The molecular weight excluding hydrogens is 274 g/mol. The normalized spacial score (nSPS) is 10.1. The van der Waals surface area contributed by atoms with E-state index in [2.05, 4.69) is 4.98 Å². The Morgan fingerprint density at radius 1 is 1.05 bits per heavy atom. The molecule has 0 atom stereocenters. The van der Waals surface area contributed by atoms with Crippen molar-refractivity contribution in [3.63, 3.8) is 0 Å². The second kappa shape index (κ2) is 5.86. The Morgan fingerprint density at radius 2 is 1.60 bits per heavy atom. The molecule has 0 saturated carbocycles. The molecule has 1 aromatic heterocycles. The van der Waals surface area contributed by atoms with Crippen molar-refractivity contribution >= 4 is 23.0 Å². The second-order valence-corrected chi connectivity index (χ2v) is 3.62. The number of rotatable bonds is 6. The lowest BCUT2D eigenvalue weighted by atomic mass is 10.2. The van der Waals surface area contributed by atoms with Gasteiger partial charge in [-0.25, -0.2) is 0 Å². The van der Waals surface area contributed by atoms with Crippen molar-refractivity contribution in [1.82, 2.24) is 4.98 Å². The molecule has 108 valence electrons. The second-order valence-electron chi connectivity index (χ2n) is 3.62. The van der Waals surface area contributed by atoms with E-state index < -0.39 is 32.1 Å². The summed E-state index contributed by atoms with van der Waals surface area (Å²) in [5, 5.41) is 32.6. The van der Waals surface area contributed by atoms with E-state index in [4.69, 9.17) is 0 Å². The highest BCUT2D eigenvalue weighted by Gasteiger charge is 2.34. The van der Waals surface area contributed by atoms with Crippen LogP contribution in [-0.4, -0.2) is 32.8 Å². The van der Waals surface area contributed by atoms with Crippen molar-refractivity contribution in [2.45, 2.75) is 13.8 Å². The molecule has 0 saturated heterocycles. The van der Waals surface area contributed by atoms with Crippen LogP contribution in [-0.2, 0) is 0 Å². The zero-order chi connectivity index (χ0) is 15.4. The Bertz CT molecular complexity index is 535. The fourth-order valence-electron chi connectivity index (χ4n) is 1.70. The zero-order valence-corrected chi connectivity index (χ0v) is 10.7. The van der Waals surface area contributed by atoms with Gasteiger partial charge in [0.05, 0.1) is 4.92 Å². The average molecular weight is 285 g/mol. The molecule has 0 amide bonds. The van der Waals surface area contributed by atoms with Gasteiger partial charge in [-0.3, -0.25) is 10.1 Å². The lowest BCUT2D eigenvalue weighted by Gasteiger charge is -2.19. The first-order valence-electron chi connectivity index (χ1n) is 5.56.